The molecule has 0 aromatic rings. The fourth-order valence-corrected chi connectivity index (χ4v) is 12.4. The van der Waals surface area contributed by atoms with E-state index in [4.69, 9.17) is 37.0 Å². The molecule has 17 nitrogen and oxygen atoms in total. The summed E-state index contributed by atoms with van der Waals surface area (Å²) in [4.78, 5) is 72.7. The Morgan fingerprint density at radius 1 is 0.351 bits per heavy atom. The molecule has 94 heavy (non-hydrogen) atoms. The number of aliphatic hydroxyl groups excluding tert-OH is 1. The standard InChI is InChI=1S/C75H142O17P2/c1-8-10-11-12-13-14-15-16-17-20-23-29-34-42-49-56-72(77)85-62-70(91-74(79)58-51-44-35-30-24-21-18-19-22-27-32-39-46-53-66(3)4)64-89-93(81,82)87-60-69(76)61-88-94(83,84)90-65-71(63-86-73(78)57-50-43-38-37-40-47-54-67(5)6)92-75(80)59-52-45-36-31-26-25-28-33-41-48-55-68(7)9-2/h14-17,66-71,76H,8-13,18-65H2,1-7H3,(H,81,82)(H,83,84)/b15-14-,17-16-/t68?,69-,70-,71-/m1/s1. The van der Waals surface area contributed by atoms with Crippen molar-refractivity contribution in [2.45, 2.75) is 375 Å². The summed E-state index contributed by atoms with van der Waals surface area (Å²) in [7, 11) is -9.92. The normalized spacial score (nSPS) is 14.6. The van der Waals surface area contributed by atoms with Gasteiger partial charge in [-0.15, -0.1) is 0 Å². The number of phosphoric ester groups is 2. The van der Waals surface area contributed by atoms with Crippen molar-refractivity contribution < 1.29 is 80.2 Å². The first-order chi connectivity index (χ1) is 45.3. The van der Waals surface area contributed by atoms with Crippen molar-refractivity contribution in [1.29, 1.82) is 0 Å². The molecular weight excluding hydrogens is 1230 g/mol. The molecule has 0 aromatic heterocycles. The van der Waals surface area contributed by atoms with Crippen molar-refractivity contribution in [1.82, 2.24) is 0 Å². The second-order valence-electron chi connectivity index (χ2n) is 27.5. The van der Waals surface area contributed by atoms with Crippen molar-refractivity contribution in [2.75, 3.05) is 39.6 Å². The predicted octanol–water partition coefficient (Wildman–Crippen LogP) is 21.3. The second-order valence-corrected chi connectivity index (χ2v) is 30.5. The number of rotatable bonds is 71. The fraction of sp³-hybridized carbons (Fsp3) is 0.893. The summed E-state index contributed by atoms with van der Waals surface area (Å²) >= 11 is 0. The summed E-state index contributed by atoms with van der Waals surface area (Å²) in [5.74, 6) is 0.112. The SMILES string of the molecule is CCCCCC/C=C\C=C/CCCCCCCC(=O)OC[C@H](COP(=O)(O)OC[C@@H](O)COP(=O)(O)OC[C@@H](COC(=O)CCCCCCCCC(C)C)OC(=O)CCCCCCCCCCCCC(C)CC)OC(=O)CCCCCCCCCCCCCCCC(C)C. The Morgan fingerprint density at radius 3 is 0.947 bits per heavy atom. The number of unbranched alkanes of at least 4 members (excludes halogenated alkanes) is 35. The fourth-order valence-electron chi connectivity index (χ4n) is 10.9. The maximum absolute atomic E-state index is 13.1. The Morgan fingerprint density at radius 2 is 0.628 bits per heavy atom. The number of aliphatic hydroxyl groups is 1. The monoisotopic (exact) mass is 1380 g/mol. The maximum Gasteiger partial charge on any atom is 0.472 e. The van der Waals surface area contributed by atoms with Gasteiger partial charge in [-0.25, -0.2) is 9.13 Å². The van der Waals surface area contributed by atoms with Gasteiger partial charge in [0.05, 0.1) is 26.4 Å². The van der Waals surface area contributed by atoms with Gasteiger partial charge in [0.15, 0.2) is 12.2 Å². The smallest absolute Gasteiger partial charge is 0.462 e. The van der Waals surface area contributed by atoms with Crippen molar-refractivity contribution in [3.8, 4) is 0 Å². The van der Waals surface area contributed by atoms with E-state index in [0.29, 0.717) is 31.6 Å². The largest absolute Gasteiger partial charge is 0.472 e. The number of hydrogen-bond donors (Lipinski definition) is 3. The molecule has 0 aliphatic heterocycles. The van der Waals surface area contributed by atoms with Crippen LogP contribution in [0, 0.1) is 17.8 Å². The van der Waals surface area contributed by atoms with Crippen LogP contribution in [0.2, 0.25) is 0 Å². The maximum atomic E-state index is 13.1. The lowest BCUT2D eigenvalue weighted by atomic mass is 9.99. The van der Waals surface area contributed by atoms with Crippen molar-refractivity contribution >= 4 is 39.5 Å². The first kappa shape index (κ1) is 91.5. The molecule has 0 radical (unpaired) electrons. The summed E-state index contributed by atoms with van der Waals surface area (Å²) in [6, 6.07) is 0. The van der Waals surface area contributed by atoms with E-state index in [1.54, 1.807) is 0 Å². The van der Waals surface area contributed by atoms with Gasteiger partial charge in [0, 0.05) is 25.7 Å². The Labute approximate surface area is 573 Å². The lowest BCUT2D eigenvalue weighted by molar-refractivity contribution is -0.161. The molecule has 6 atom stereocenters. The highest BCUT2D eigenvalue weighted by Gasteiger charge is 2.30. The Hall–Kier alpha value is -2.46. The van der Waals surface area contributed by atoms with Gasteiger partial charge in [0.1, 0.15) is 19.3 Å². The summed E-state index contributed by atoms with van der Waals surface area (Å²) in [5, 5.41) is 10.6. The molecule has 0 aromatic carbocycles. The van der Waals surface area contributed by atoms with E-state index < -0.39 is 97.5 Å². The van der Waals surface area contributed by atoms with E-state index >= 15 is 0 Å². The molecule has 0 spiro atoms. The molecule has 3 unspecified atom stereocenters. The molecule has 0 heterocycles. The average molecular weight is 1380 g/mol. The number of esters is 4. The van der Waals surface area contributed by atoms with Crippen LogP contribution in [0.25, 0.3) is 0 Å². The van der Waals surface area contributed by atoms with E-state index in [1.807, 2.05) is 0 Å². The lowest BCUT2D eigenvalue weighted by Gasteiger charge is -2.21. The van der Waals surface area contributed by atoms with Gasteiger partial charge in [0.25, 0.3) is 0 Å². The molecule has 0 fully saturated rings. The first-order valence-electron chi connectivity index (χ1n) is 38.2. The Bertz CT molecular complexity index is 1930. The van der Waals surface area contributed by atoms with Crippen LogP contribution in [0.15, 0.2) is 24.3 Å². The minimum Gasteiger partial charge on any atom is -0.462 e. The molecule has 0 bridgehead atoms. The predicted molar refractivity (Wildman–Crippen MR) is 381 cm³/mol. The topological polar surface area (TPSA) is 237 Å². The highest BCUT2D eigenvalue weighted by molar-refractivity contribution is 7.47. The molecule has 0 amide bonds. The Balaban J connectivity index is 5.29. The first-order valence-corrected chi connectivity index (χ1v) is 41.2. The van der Waals surface area contributed by atoms with Crippen LogP contribution >= 0.6 is 15.6 Å². The molecule has 554 valence electrons. The zero-order valence-corrected chi connectivity index (χ0v) is 62.7. The molecule has 0 aliphatic carbocycles. The van der Waals surface area contributed by atoms with E-state index in [1.165, 1.54) is 141 Å². The lowest BCUT2D eigenvalue weighted by Crippen LogP contribution is -2.30. The van der Waals surface area contributed by atoms with Crippen LogP contribution in [-0.2, 0) is 65.4 Å². The van der Waals surface area contributed by atoms with Crippen LogP contribution in [-0.4, -0.2) is 96.7 Å². The summed E-state index contributed by atoms with van der Waals surface area (Å²) < 4.78 is 68.4. The molecule has 3 N–H and O–H groups in total. The van der Waals surface area contributed by atoms with Gasteiger partial charge in [-0.3, -0.25) is 37.3 Å². The third-order valence-corrected chi connectivity index (χ3v) is 19.0. The van der Waals surface area contributed by atoms with E-state index in [9.17, 15) is 43.2 Å². The number of allylic oxidation sites excluding steroid dienone is 4. The average Bonchev–Trinajstić information content (AvgIpc) is 3.22. The van der Waals surface area contributed by atoms with Gasteiger partial charge in [0.2, 0.25) is 0 Å². The molecule has 19 heteroatoms. The van der Waals surface area contributed by atoms with Gasteiger partial charge in [-0.2, -0.15) is 0 Å². The van der Waals surface area contributed by atoms with Crippen molar-refractivity contribution in [3.63, 3.8) is 0 Å². The molecule has 0 saturated carbocycles. The van der Waals surface area contributed by atoms with E-state index in [-0.39, 0.29) is 25.7 Å². The van der Waals surface area contributed by atoms with Gasteiger partial charge in [-0.1, -0.05) is 304 Å². The highest BCUT2D eigenvalue weighted by atomic mass is 31.2. The van der Waals surface area contributed by atoms with Crippen molar-refractivity contribution in [2.24, 2.45) is 17.8 Å². The minimum atomic E-state index is -4.96. The molecule has 0 rings (SSSR count). The summed E-state index contributed by atoms with van der Waals surface area (Å²) in [6.45, 7) is 11.8. The zero-order chi connectivity index (χ0) is 69.4. The number of carbonyl (C=O) groups is 4. The molecular formula is C75H142O17P2. The van der Waals surface area contributed by atoms with Crippen molar-refractivity contribution in [3.05, 3.63) is 24.3 Å². The summed E-state index contributed by atoms with van der Waals surface area (Å²) in [5.41, 5.74) is 0. The summed E-state index contributed by atoms with van der Waals surface area (Å²) in [6.07, 6.45) is 53.6. The zero-order valence-electron chi connectivity index (χ0n) is 60.9. The quantitative estimate of drug-likeness (QED) is 0.0169. The van der Waals surface area contributed by atoms with Crippen LogP contribution in [0.1, 0.15) is 357 Å². The number of phosphoric acid groups is 2. The number of hydrogen-bond acceptors (Lipinski definition) is 15. The van der Waals surface area contributed by atoms with Crippen LogP contribution in [0.3, 0.4) is 0 Å². The van der Waals surface area contributed by atoms with Gasteiger partial charge in [-0.05, 0) is 69.1 Å². The Kier molecular flexibility index (Phi) is 63.5. The molecule has 0 aliphatic rings. The van der Waals surface area contributed by atoms with E-state index in [0.717, 1.165) is 127 Å². The number of carbonyl (C=O) groups excluding carboxylic acids is 4. The minimum absolute atomic E-state index is 0.0998. The third kappa shape index (κ3) is 66.8. The molecule has 0 saturated heterocycles. The van der Waals surface area contributed by atoms with Gasteiger partial charge < -0.3 is 33.8 Å². The van der Waals surface area contributed by atoms with Gasteiger partial charge >= 0.3 is 39.5 Å². The van der Waals surface area contributed by atoms with E-state index in [2.05, 4.69) is 72.8 Å². The number of ether oxygens (including phenoxy) is 4. The van der Waals surface area contributed by atoms with Crippen LogP contribution in [0.4, 0.5) is 0 Å². The van der Waals surface area contributed by atoms with Crippen LogP contribution in [0.5, 0.6) is 0 Å². The highest BCUT2D eigenvalue weighted by Crippen LogP contribution is 2.45. The van der Waals surface area contributed by atoms with Crippen LogP contribution < -0.4 is 0 Å². The third-order valence-electron chi connectivity index (χ3n) is 17.1. The second kappa shape index (κ2) is 65.2.